The summed E-state index contributed by atoms with van der Waals surface area (Å²) in [7, 11) is 0. The Hall–Kier alpha value is -0.760. The Morgan fingerprint density at radius 3 is 2.00 bits per heavy atom. The molecule has 0 saturated heterocycles. The van der Waals surface area contributed by atoms with Gasteiger partial charge in [0.15, 0.2) is 0 Å². The van der Waals surface area contributed by atoms with E-state index in [4.69, 9.17) is 16.7 Å². The van der Waals surface area contributed by atoms with Gasteiger partial charge in [-0.05, 0) is 6.92 Å². The molecule has 10 heavy (non-hydrogen) atoms. The van der Waals surface area contributed by atoms with Crippen LogP contribution in [0.25, 0.3) is 0 Å². The summed E-state index contributed by atoms with van der Waals surface area (Å²) >= 11 is 4.74. The smallest absolute Gasteiger partial charge is 0.318 e. The third-order valence-electron chi connectivity index (χ3n) is 0.463. The molecule has 0 atom stereocenters. The van der Waals surface area contributed by atoms with E-state index in [1.807, 2.05) is 6.92 Å². The van der Waals surface area contributed by atoms with Gasteiger partial charge in [-0.25, -0.2) is 0 Å². The highest BCUT2D eigenvalue weighted by Gasteiger charge is 1.83. The molecule has 0 aliphatic rings. The SMILES string of the molecule is C=CC(=C)C.O=C(O)CCl. The molecule has 0 aromatic rings. The van der Waals surface area contributed by atoms with Crippen LogP contribution in [0, 0.1) is 0 Å². The molecular weight excluding hydrogens is 152 g/mol. The molecule has 0 spiro atoms. The third-order valence-corrected chi connectivity index (χ3v) is 0.691. The van der Waals surface area contributed by atoms with Crippen LogP contribution in [0.15, 0.2) is 24.8 Å². The fraction of sp³-hybridized carbons (Fsp3) is 0.286. The van der Waals surface area contributed by atoms with Crippen LogP contribution < -0.4 is 0 Å². The molecule has 2 nitrogen and oxygen atoms in total. The van der Waals surface area contributed by atoms with Crippen LogP contribution in [0.4, 0.5) is 0 Å². The molecule has 0 radical (unpaired) electrons. The molecule has 0 bridgehead atoms. The van der Waals surface area contributed by atoms with Crippen molar-refractivity contribution in [3.05, 3.63) is 24.8 Å². The molecular formula is C7H11ClO2. The van der Waals surface area contributed by atoms with Gasteiger partial charge in [0.25, 0.3) is 0 Å². The fourth-order valence-electron chi connectivity index (χ4n) is 0. The van der Waals surface area contributed by atoms with Gasteiger partial charge in [0.1, 0.15) is 5.88 Å². The minimum absolute atomic E-state index is 0.306. The quantitative estimate of drug-likeness (QED) is 0.499. The van der Waals surface area contributed by atoms with Crippen molar-refractivity contribution >= 4 is 17.6 Å². The van der Waals surface area contributed by atoms with Gasteiger partial charge in [-0.15, -0.1) is 11.6 Å². The van der Waals surface area contributed by atoms with E-state index in [-0.39, 0.29) is 5.88 Å². The molecule has 0 rings (SSSR count). The van der Waals surface area contributed by atoms with Crippen molar-refractivity contribution in [3.8, 4) is 0 Å². The second-order valence-electron chi connectivity index (χ2n) is 1.58. The minimum Gasteiger partial charge on any atom is -0.480 e. The summed E-state index contributed by atoms with van der Waals surface area (Å²) in [6, 6.07) is 0. The monoisotopic (exact) mass is 162 g/mol. The van der Waals surface area contributed by atoms with Crippen molar-refractivity contribution < 1.29 is 9.90 Å². The standard InChI is InChI=1S/C5H8.C2H3ClO2/c1-4-5(2)3;3-1-2(4)5/h4H,1-2H2,3H3;1H2,(H,4,5). The van der Waals surface area contributed by atoms with E-state index in [1.165, 1.54) is 0 Å². The zero-order chi connectivity index (χ0) is 8.57. The number of carboxylic acids is 1. The average molecular weight is 163 g/mol. The number of alkyl halides is 1. The molecule has 0 aliphatic heterocycles. The highest BCUT2D eigenvalue weighted by atomic mass is 35.5. The number of allylic oxidation sites excluding steroid dienone is 2. The topological polar surface area (TPSA) is 37.3 Å². The summed E-state index contributed by atoms with van der Waals surface area (Å²) in [6.45, 7) is 8.93. The molecule has 0 heterocycles. The van der Waals surface area contributed by atoms with E-state index < -0.39 is 5.97 Å². The number of aliphatic carboxylic acids is 1. The molecule has 1 N–H and O–H groups in total. The predicted molar refractivity (Wildman–Crippen MR) is 43.4 cm³/mol. The third kappa shape index (κ3) is 26.9. The van der Waals surface area contributed by atoms with Crippen LogP contribution >= 0.6 is 11.6 Å². The van der Waals surface area contributed by atoms with Gasteiger partial charge in [0, 0.05) is 0 Å². The van der Waals surface area contributed by atoms with Crippen molar-refractivity contribution in [3.63, 3.8) is 0 Å². The van der Waals surface area contributed by atoms with Crippen molar-refractivity contribution in [1.29, 1.82) is 0 Å². The molecule has 0 saturated carbocycles. The Kier molecular flexibility index (Phi) is 9.86. The highest BCUT2D eigenvalue weighted by molar-refractivity contribution is 6.26. The summed E-state index contributed by atoms with van der Waals surface area (Å²) < 4.78 is 0. The molecule has 0 fully saturated rings. The van der Waals surface area contributed by atoms with Crippen LogP contribution in [0.2, 0.25) is 0 Å². The van der Waals surface area contributed by atoms with E-state index in [2.05, 4.69) is 13.2 Å². The van der Waals surface area contributed by atoms with Gasteiger partial charge >= 0.3 is 5.97 Å². The Labute approximate surface area is 65.8 Å². The first kappa shape index (κ1) is 12.0. The van der Waals surface area contributed by atoms with Crippen molar-refractivity contribution in [2.45, 2.75) is 6.92 Å². The lowest BCUT2D eigenvalue weighted by Crippen LogP contribution is -1.92. The molecule has 58 valence electrons. The van der Waals surface area contributed by atoms with E-state index in [9.17, 15) is 4.79 Å². The van der Waals surface area contributed by atoms with Crippen LogP contribution in [-0.2, 0) is 4.79 Å². The van der Waals surface area contributed by atoms with Crippen LogP contribution in [-0.4, -0.2) is 17.0 Å². The van der Waals surface area contributed by atoms with E-state index in [0.717, 1.165) is 5.57 Å². The molecule has 0 unspecified atom stereocenters. The molecule has 0 aromatic carbocycles. The van der Waals surface area contributed by atoms with Gasteiger partial charge < -0.3 is 5.11 Å². The van der Waals surface area contributed by atoms with E-state index in [0.29, 0.717) is 0 Å². The molecule has 0 aliphatic carbocycles. The number of rotatable bonds is 2. The van der Waals surface area contributed by atoms with Gasteiger partial charge in [0.2, 0.25) is 0 Å². The fourth-order valence-corrected chi connectivity index (χ4v) is 0. The number of carbonyl (C=O) groups is 1. The van der Waals surface area contributed by atoms with Crippen molar-refractivity contribution in [2.75, 3.05) is 5.88 Å². The lowest BCUT2D eigenvalue weighted by atomic mass is 10.4. The van der Waals surface area contributed by atoms with Gasteiger partial charge in [-0.2, -0.15) is 0 Å². The van der Waals surface area contributed by atoms with Gasteiger partial charge in [-0.3, -0.25) is 4.79 Å². The van der Waals surface area contributed by atoms with Gasteiger partial charge in [0.05, 0.1) is 0 Å². The zero-order valence-corrected chi connectivity index (χ0v) is 6.69. The maximum absolute atomic E-state index is 9.24. The van der Waals surface area contributed by atoms with Crippen LogP contribution in [0.5, 0.6) is 0 Å². The summed E-state index contributed by atoms with van der Waals surface area (Å²) in [5.74, 6) is -1.29. The predicted octanol–water partition coefficient (Wildman–Crippen LogP) is 2.06. The lowest BCUT2D eigenvalue weighted by Gasteiger charge is -1.71. The van der Waals surface area contributed by atoms with Crippen molar-refractivity contribution in [2.24, 2.45) is 0 Å². The van der Waals surface area contributed by atoms with E-state index >= 15 is 0 Å². The van der Waals surface area contributed by atoms with Gasteiger partial charge in [-0.1, -0.05) is 24.8 Å². The Bertz CT molecular complexity index is 130. The molecule has 3 heteroatoms. The second-order valence-corrected chi connectivity index (χ2v) is 1.85. The maximum Gasteiger partial charge on any atom is 0.318 e. The first-order valence-electron chi connectivity index (χ1n) is 2.60. The van der Waals surface area contributed by atoms with Crippen molar-refractivity contribution in [1.82, 2.24) is 0 Å². The minimum atomic E-state index is -0.980. The average Bonchev–Trinajstić information content (AvgIpc) is 1.89. The van der Waals surface area contributed by atoms with Crippen LogP contribution in [0.1, 0.15) is 6.92 Å². The lowest BCUT2D eigenvalue weighted by molar-refractivity contribution is -0.134. The number of halogens is 1. The first-order valence-corrected chi connectivity index (χ1v) is 3.13. The Morgan fingerprint density at radius 2 is 2.00 bits per heavy atom. The summed E-state index contributed by atoms with van der Waals surface area (Å²) in [5, 5.41) is 7.59. The number of hydrogen-bond donors (Lipinski definition) is 1. The summed E-state index contributed by atoms with van der Waals surface area (Å²) in [4.78, 5) is 9.24. The summed E-state index contributed by atoms with van der Waals surface area (Å²) in [5.41, 5.74) is 1.02. The Morgan fingerprint density at radius 1 is 1.80 bits per heavy atom. The number of hydrogen-bond acceptors (Lipinski definition) is 1. The highest BCUT2D eigenvalue weighted by Crippen LogP contribution is 1.81. The Balaban J connectivity index is 0. The molecule has 0 aromatic heterocycles. The summed E-state index contributed by atoms with van der Waals surface area (Å²) in [6.07, 6.45) is 1.72. The van der Waals surface area contributed by atoms with Crippen LogP contribution in [0.3, 0.4) is 0 Å². The van der Waals surface area contributed by atoms with E-state index in [1.54, 1.807) is 6.08 Å². The number of carboxylic acid groups (broad SMARTS) is 1. The normalized spacial score (nSPS) is 7.00. The first-order chi connectivity index (χ1) is 4.54. The zero-order valence-electron chi connectivity index (χ0n) is 5.93. The maximum atomic E-state index is 9.24. The second kappa shape index (κ2) is 8.24. The largest absolute Gasteiger partial charge is 0.480 e. The molecule has 0 amide bonds.